The molecule has 0 amide bonds. The Bertz CT molecular complexity index is 348. The van der Waals surface area contributed by atoms with Gasteiger partial charge in [-0.05, 0) is 0 Å². The number of hydrogen-bond acceptors (Lipinski definition) is 6. The lowest BCUT2D eigenvalue weighted by atomic mass is 10.2. The summed E-state index contributed by atoms with van der Waals surface area (Å²) in [6, 6.07) is 0. The van der Waals surface area contributed by atoms with Crippen LogP contribution in [0.15, 0.2) is 11.8 Å². The van der Waals surface area contributed by atoms with Crippen LogP contribution in [0.25, 0.3) is 0 Å². The van der Waals surface area contributed by atoms with E-state index in [4.69, 9.17) is 9.47 Å². The summed E-state index contributed by atoms with van der Waals surface area (Å²) >= 11 is 0. The fraction of sp³-hybridized carbons (Fsp3) is 0.636. The summed E-state index contributed by atoms with van der Waals surface area (Å²) in [5, 5.41) is 3.18. The molecule has 0 atom stereocenters. The van der Waals surface area contributed by atoms with Gasteiger partial charge in [-0.2, -0.15) is 0 Å². The lowest BCUT2D eigenvalue weighted by molar-refractivity contribution is -0.222. The minimum absolute atomic E-state index is 0.0359. The molecule has 0 aliphatic carbocycles. The molecule has 6 nitrogen and oxygen atoms in total. The predicted molar refractivity (Wildman–Crippen MR) is 58.8 cm³/mol. The highest BCUT2D eigenvalue weighted by molar-refractivity contribution is 6.15. The highest BCUT2D eigenvalue weighted by Crippen LogP contribution is 2.22. The molecule has 94 valence electrons. The van der Waals surface area contributed by atoms with Crippen molar-refractivity contribution in [3.8, 4) is 0 Å². The Hall–Kier alpha value is -1.56. The summed E-state index contributed by atoms with van der Waals surface area (Å²) < 4.78 is 10.0. The van der Waals surface area contributed by atoms with E-state index in [0.29, 0.717) is 0 Å². The summed E-state index contributed by atoms with van der Waals surface area (Å²) in [4.78, 5) is 25.2. The molecule has 17 heavy (non-hydrogen) atoms. The van der Waals surface area contributed by atoms with Crippen LogP contribution in [-0.4, -0.2) is 48.8 Å². The fourth-order valence-corrected chi connectivity index (χ4v) is 1.76. The molecule has 2 saturated heterocycles. The average molecular weight is 240 g/mol. The third kappa shape index (κ3) is 2.76. The molecular formula is C11H16N2O4. The first kappa shape index (κ1) is 11.9. The van der Waals surface area contributed by atoms with E-state index in [9.17, 15) is 9.59 Å². The molecule has 1 N–H and O–H groups in total. The first-order valence-electron chi connectivity index (χ1n) is 5.61. The minimum Gasteiger partial charge on any atom is -0.419 e. The van der Waals surface area contributed by atoms with E-state index in [2.05, 4.69) is 5.32 Å². The molecule has 2 aliphatic heterocycles. The molecule has 2 heterocycles. The maximum Gasteiger partial charge on any atom is 0.350 e. The second kappa shape index (κ2) is 4.37. The summed E-state index contributed by atoms with van der Waals surface area (Å²) in [5.41, 5.74) is -0.0359. The minimum atomic E-state index is -1.17. The standard InChI is InChI=1S/C11H16N2O4/c1-11(2)16-9(14)8(10(15)17-11)7-13-5-3-12-4-6-13/h7,12H,3-6H2,1-2H3. The Morgan fingerprint density at radius 3 is 2.24 bits per heavy atom. The van der Waals surface area contributed by atoms with Gasteiger partial charge in [-0.1, -0.05) is 0 Å². The largest absolute Gasteiger partial charge is 0.419 e. The molecule has 6 heteroatoms. The van der Waals surface area contributed by atoms with E-state index < -0.39 is 17.7 Å². The van der Waals surface area contributed by atoms with Gasteiger partial charge in [0.15, 0.2) is 5.57 Å². The summed E-state index contributed by atoms with van der Waals surface area (Å²) in [5.74, 6) is -2.41. The van der Waals surface area contributed by atoms with Gasteiger partial charge in [-0.25, -0.2) is 9.59 Å². The van der Waals surface area contributed by atoms with Gasteiger partial charge < -0.3 is 19.7 Å². The highest BCUT2D eigenvalue weighted by Gasteiger charge is 2.39. The van der Waals surface area contributed by atoms with Crippen LogP contribution >= 0.6 is 0 Å². The topological polar surface area (TPSA) is 67.9 Å². The third-order valence-electron chi connectivity index (χ3n) is 2.58. The van der Waals surface area contributed by atoms with Crippen LogP contribution in [0.1, 0.15) is 13.8 Å². The molecule has 0 bridgehead atoms. The first-order chi connectivity index (χ1) is 7.98. The molecule has 0 unspecified atom stereocenters. The molecule has 0 spiro atoms. The second-order valence-corrected chi connectivity index (χ2v) is 4.51. The van der Waals surface area contributed by atoms with Crippen LogP contribution in [0, 0.1) is 0 Å². The highest BCUT2D eigenvalue weighted by atomic mass is 16.7. The number of piperazine rings is 1. The quantitative estimate of drug-likeness (QED) is 0.382. The van der Waals surface area contributed by atoms with Crippen LogP contribution in [0.5, 0.6) is 0 Å². The third-order valence-corrected chi connectivity index (χ3v) is 2.58. The van der Waals surface area contributed by atoms with E-state index in [0.717, 1.165) is 26.2 Å². The van der Waals surface area contributed by atoms with E-state index in [1.54, 1.807) is 0 Å². The second-order valence-electron chi connectivity index (χ2n) is 4.51. The molecule has 0 aromatic rings. The zero-order valence-electron chi connectivity index (χ0n) is 9.99. The number of rotatable bonds is 1. The SMILES string of the molecule is CC1(C)OC(=O)C(=CN2CCNCC2)C(=O)O1. The van der Waals surface area contributed by atoms with Gasteiger partial charge >= 0.3 is 11.9 Å². The van der Waals surface area contributed by atoms with E-state index >= 15 is 0 Å². The van der Waals surface area contributed by atoms with E-state index in [-0.39, 0.29) is 5.57 Å². The Labute approximate surface area is 99.5 Å². The Morgan fingerprint density at radius 2 is 1.71 bits per heavy atom. The van der Waals surface area contributed by atoms with Crippen molar-refractivity contribution in [2.24, 2.45) is 0 Å². The lowest BCUT2D eigenvalue weighted by Gasteiger charge is -2.31. The number of cyclic esters (lactones) is 2. The number of hydrogen-bond donors (Lipinski definition) is 1. The summed E-state index contributed by atoms with van der Waals surface area (Å²) in [7, 11) is 0. The van der Waals surface area contributed by atoms with Crippen molar-refractivity contribution in [1.29, 1.82) is 0 Å². The summed E-state index contributed by atoms with van der Waals surface area (Å²) in [6.07, 6.45) is 1.53. The Morgan fingerprint density at radius 1 is 1.18 bits per heavy atom. The number of nitrogens with zero attached hydrogens (tertiary/aromatic N) is 1. The van der Waals surface area contributed by atoms with Crippen molar-refractivity contribution in [2.75, 3.05) is 26.2 Å². The molecule has 2 fully saturated rings. The van der Waals surface area contributed by atoms with Crippen LogP contribution < -0.4 is 5.32 Å². The summed E-state index contributed by atoms with van der Waals surface area (Å²) in [6.45, 7) is 6.24. The van der Waals surface area contributed by atoms with Gasteiger partial charge in [0.25, 0.3) is 5.79 Å². The van der Waals surface area contributed by atoms with Gasteiger partial charge in [-0.3, -0.25) is 0 Å². The van der Waals surface area contributed by atoms with Crippen molar-refractivity contribution < 1.29 is 19.1 Å². The lowest BCUT2D eigenvalue weighted by Crippen LogP contribution is -2.44. The molecular weight excluding hydrogens is 224 g/mol. The van der Waals surface area contributed by atoms with Crippen LogP contribution in [0.4, 0.5) is 0 Å². The molecule has 2 rings (SSSR count). The van der Waals surface area contributed by atoms with Crippen molar-refractivity contribution in [2.45, 2.75) is 19.6 Å². The number of esters is 2. The maximum atomic E-state index is 11.7. The maximum absolute atomic E-state index is 11.7. The van der Waals surface area contributed by atoms with Gasteiger partial charge in [0.1, 0.15) is 0 Å². The molecule has 0 aromatic carbocycles. The van der Waals surface area contributed by atoms with E-state index in [1.807, 2.05) is 4.90 Å². The zero-order valence-corrected chi connectivity index (χ0v) is 9.99. The van der Waals surface area contributed by atoms with Gasteiger partial charge in [-0.15, -0.1) is 0 Å². The van der Waals surface area contributed by atoms with Crippen molar-refractivity contribution in [1.82, 2.24) is 10.2 Å². The van der Waals surface area contributed by atoms with Crippen LogP contribution in [0.3, 0.4) is 0 Å². The Kier molecular flexibility index (Phi) is 3.06. The molecule has 0 radical (unpaired) electrons. The van der Waals surface area contributed by atoms with Crippen LogP contribution in [-0.2, 0) is 19.1 Å². The van der Waals surface area contributed by atoms with Crippen molar-refractivity contribution >= 4 is 11.9 Å². The van der Waals surface area contributed by atoms with Gasteiger partial charge in [0.2, 0.25) is 0 Å². The number of ether oxygens (including phenoxy) is 2. The molecule has 0 aromatic heterocycles. The fourth-order valence-electron chi connectivity index (χ4n) is 1.76. The van der Waals surface area contributed by atoms with Crippen LogP contribution in [0.2, 0.25) is 0 Å². The average Bonchev–Trinajstić information content (AvgIpc) is 2.24. The smallest absolute Gasteiger partial charge is 0.350 e. The van der Waals surface area contributed by atoms with E-state index in [1.165, 1.54) is 20.0 Å². The van der Waals surface area contributed by atoms with Gasteiger partial charge in [0, 0.05) is 46.2 Å². The normalized spacial score (nSPS) is 24.1. The predicted octanol–water partition coefficient (Wildman–Crippen LogP) is -0.388. The number of carbonyl (C=O) groups is 2. The zero-order chi connectivity index (χ0) is 12.5. The molecule has 2 aliphatic rings. The van der Waals surface area contributed by atoms with Crippen molar-refractivity contribution in [3.05, 3.63) is 11.8 Å². The Balaban J connectivity index is 2.12. The molecule has 0 saturated carbocycles. The monoisotopic (exact) mass is 240 g/mol. The number of nitrogens with one attached hydrogen (secondary N) is 1. The van der Waals surface area contributed by atoms with Crippen molar-refractivity contribution in [3.63, 3.8) is 0 Å². The van der Waals surface area contributed by atoms with Gasteiger partial charge in [0.05, 0.1) is 0 Å². The number of carbonyl (C=O) groups excluding carboxylic acids is 2. The first-order valence-corrected chi connectivity index (χ1v) is 5.61.